The molecule has 1 fully saturated rings. The highest BCUT2D eigenvalue weighted by atomic mass is 16.6. The fourth-order valence-corrected chi connectivity index (χ4v) is 2.56. The Balaban J connectivity index is 2.10. The maximum atomic E-state index is 11.3. The van der Waals surface area contributed by atoms with Gasteiger partial charge >= 0.3 is 0 Å². The maximum Gasteiger partial charge on any atom is 0.271 e. The highest BCUT2D eigenvalue weighted by Gasteiger charge is 2.50. The van der Waals surface area contributed by atoms with Crippen molar-refractivity contribution in [3.8, 4) is 0 Å². The third-order valence-electron chi connectivity index (χ3n) is 3.53. The summed E-state index contributed by atoms with van der Waals surface area (Å²) in [5.74, 6) is -0.462. The quantitative estimate of drug-likeness (QED) is 0.396. The first-order chi connectivity index (χ1) is 9.04. The third-order valence-corrected chi connectivity index (χ3v) is 3.53. The van der Waals surface area contributed by atoms with Gasteiger partial charge in [-0.05, 0) is 0 Å². The summed E-state index contributed by atoms with van der Waals surface area (Å²) in [6, 6.07) is -0.666. The van der Waals surface area contributed by atoms with Crippen molar-refractivity contribution in [2.45, 2.75) is 30.6 Å². The first-order valence-corrected chi connectivity index (χ1v) is 5.80. The number of imidazole rings is 1. The van der Waals surface area contributed by atoms with Gasteiger partial charge in [0.05, 0.1) is 19.0 Å². The minimum atomic E-state index is -1.16. The fraction of sp³-hybridized carbons (Fsp3) is 0.600. The Morgan fingerprint density at radius 2 is 2.26 bits per heavy atom. The van der Waals surface area contributed by atoms with E-state index < -0.39 is 36.5 Å². The number of carbonyl (C=O) groups excluding carboxylic acids is 1. The molecule has 0 saturated carbocycles. The molecular formula is C10H14N4O5. The van der Waals surface area contributed by atoms with Crippen LogP contribution in [0.15, 0.2) is 6.33 Å². The molecule has 2 aliphatic rings. The van der Waals surface area contributed by atoms with Crippen LogP contribution in [0.4, 0.5) is 5.82 Å². The average Bonchev–Trinajstić information content (AvgIpc) is 2.84. The van der Waals surface area contributed by atoms with E-state index in [1.807, 2.05) is 0 Å². The van der Waals surface area contributed by atoms with Gasteiger partial charge < -0.3 is 35.7 Å². The van der Waals surface area contributed by atoms with Crippen LogP contribution in [-0.4, -0.2) is 61.9 Å². The zero-order valence-corrected chi connectivity index (χ0v) is 9.80. The first kappa shape index (κ1) is 12.4. The Bertz CT molecular complexity index is 518. The van der Waals surface area contributed by atoms with Crippen LogP contribution >= 0.6 is 0 Å². The number of amides is 1. The Hall–Kier alpha value is -1.68. The number of aliphatic hydroxyl groups is 3. The van der Waals surface area contributed by atoms with Crippen LogP contribution in [0.2, 0.25) is 0 Å². The summed E-state index contributed by atoms with van der Waals surface area (Å²) >= 11 is 0. The number of aliphatic hydroxyl groups excluding tert-OH is 3. The van der Waals surface area contributed by atoms with Crippen molar-refractivity contribution in [2.24, 2.45) is 5.73 Å². The molecule has 9 heteroatoms. The Labute approximate surface area is 107 Å². The molecule has 0 radical (unpaired) electrons. The third kappa shape index (κ3) is 1.63. The number of hydrogen-bond donors (Lipinski definition) is 5. The molecule has 0 unspecified atom stereocenters. The standard InChI is InChI=1S/C10H14N4O5/c11-8(18)4-9-13-10-6(17)5(16)7(19-10)3(1-15)14(9)2-12-4/h2-3,5-7,10,13,15-17H,1H2,(H2,11,18)/t3-,5-,6-,7-,10-/m1/s1. The van der Waals surface area contributed by atoms with Crippen molar-refractivity contribution in [1.29, 1.82) is 0 Å². The lowest BCUT2D eigenvalue weighted by atomic mass is 10.0. The largest absolute Gasteiger partial charge is 0.394 e. The zero-order chi connectivity index (χ0) is 13.7. The van der Waals surface area contributed by atoms with Gasteiger partial charge in [0.1, 0.15) is 24.1 Å². The molecule has 1 aromatic heterocycles. The molecule has 0 aromatic carbocycles. The van der Waals surface area contributed by atoms with Crippen LogP contribution in [0.3, 0.4) is 0 Å². The smallest absolute Gasteiger partial charge is 0.271 e. The average molecular weight is 270 g/mol. The summed E-state index contributed by atoms with van der Waals surface area (Å²) in [6.07, 6.45) is -2.64. The number of fused-ring (bicyclic) bond motifs is 3. The minimum absolute atomic E-state index is 0.00344. The van der Waals surface area contributed by atoms with Gasteiger partial charge in [0.25, 0.3) is 5.91 Å². The number of aromatic nitrogens is 2. The second kappa shape index (κ2) is 4.17. The van der Waals surface area contributed by atoms with Crippen LogP contribution in [0.25, 0.3) is 0 Å². The van der Waals surface area contributed by atoms with E-state index in [1.54, 1.807) is 0 Å². The second-order valence-electron chi connectivity index (χ2n) is 4.61. The number of nitrogens with one attached hydrogen (secondary N) is 1. The van der Waals surface area contributed by atoms with E-state index in [9.17, 15) is 20.1 Å². The molecule has 0 aliphatic carbocycles. The number of rotatable bonds is 2. The van der Waals surface area contributed by atoms with Crippen LogP contribution in [0, 0.1) is 0 Å². The molecule has 3 heterocycles. The van der Waals surface area contributed by atoms with Crippen molar-refractivity contribution in [3.05, 3.63) is 12.0 Å². The van der Waals surface area contributed by atoms with E-state index in [1.165, 1.54) is 10.9 Å². The molecule has 6 N–H and O–H groups in total. The van der Waals surface area contributed by atoms with Crippen LogP contribution < -0.4 is 11.1 Å². The molecular weight excluding hydrogens is 256 g/mol. The van der Waals surface area contributed by atoms with E-state index in [0.717, 1.165) is 0 Å². The molecule has 0 spiro atoms. The molecule has 2 bridgehead atoms. The van der Waals surface area contributed by atoms with Crippen molar-refractivity contribution >= 4 is 11.7 Å². The number of nitrogens with zero attached hydrogens (tertiary/aromatic N) is 2. The van der Waals surface area contributed by atoms with Crippen molar-refractivity contribution < 1.29 is 24.9 Å². The number of nitrogens with two attached hydrogens (primary N) is 1. The summed E-state index contributed by atoms with van der Waals surface area (Å²) in [7, 11) is 0. The van der Waals surface area contributed by atoms with Gasteiger partial charge in [0, 0.05) is 0 Å². The molecule has 19 heavy (non-hydrogen) atoms. The summed E-state index contributed by atoms with van der Waals surface area (Å²) in [5, 5.41) is 32.0. The SMILES string of the molecule is NC(=O)c1ncn2c1N[C@@H]1O[C@@H]([C@H](O)[C@H]1O)[C@H]2CO. The number of carbonyl (C=O) groups is 1. The molecule has 5 atom stereocenters. The Kier molecular flexibility index (Phi) is 2.71. The summed E-state index contributed by atoms with van der Waals surface area (Å²) in [5.41, 5.74) is 5.21. The lowest BCUT2D eigenvalue weighted by Gasteiger charge is -2.26. The maximum absolute atomic E-state index is 11.3. The number of hydrogen-bond acceptors (Lipinski definition) is 7. The first-order valence-electron chi connectivity index (χ1n) is 5.80. The van der Waals surface area contributed by atoms with Crippen LogP contribution in [0.1, 0.15) is 16.5 Å². The van der Waals surface area contributed by atoms with Gasteiger partial charge in [-0.2, -0.15) is 0 Å². The summed E-state index contributed by atoms with van der Waals surface area (Å²) in [4.78, 5) is 15.2. The van der Waals surface area contributed by atoms with Crippen molar-refractivity contribution in [3.63, 3.8) is 0 Å². The topological polar surface area (TPSA) is 143 Å². The number of primary amides is 1. The monoisotopic (exact) mass is 270 g/mol. The predicted molar refractivity (Wildman–Crippen MR) is 61.2 cm³/mol. The summed E-state index contributed by atoms with van der Waals surface area (Å²) in [6.45, 7) is -0.343. The molecule has 9 nitrogen and oxygen atoms in total. The van der Waals surface area contributed by atoms with E-state index in [-0.39, 0.29) is 18.1 Å². The number of anilines is 1. The van der Waals surface area contributed by atoms with E-state index in [0.29, 0.717) is 0 Å². The molecule has 1 saturated heterocycles. The van der Waals surface area contributed by atoms with Crippen LogP contribution in [0.5, 0.6) is 0 Å². The number of ether oxygens (including phenoxy) is 1. The van der Waals surface area contributed by atoms with E-state index >= 15 is 0 Å². The highest BCUT2D eigenvalue weighted by molar-refractivity contribution is 5.95. The van der Waals surface area contributed by atoms with E-state index in [2.05, 4.69) is 10.3 Å². The molecule has 2 aliphatic heterocycles. The predicted octanol–water partition coefficient (Wildman–Crippen LogP) is -2.61. The molecule has 1 amide bonds. The van der Waals surface area contributed by atoms with Gasteiger partial charge in [0.2, 0.25) is 0 Å². The van der Waals surface area contributed by atoms with Gasteiger partial charge in [-0.25, -0.2) is 4.98 Å². The van der Waals surface area contributed by atoms with Crippen molar-refractivity contribution in [1.82, 2.24) is 9.55 Å². The lowest BCUT2D eigenvalue weighted by Crippen LogP contribution is -2.41. The highest BCUT2D eigenvalue weighted by Crippen LogP contribution is 2.36. The van der Waals surface area contributed by atoms with Gasteiger partial charge in [0.15, 0.2) is 11.9 Å². The zero-order valence-electron chi connectivity index (χ0n) is 9.80. The lowest BCUT2D eigenvalue weighted by molar-refractivity contribution is -0.0232. The second-order valence-corrected chi connectivity index (χ2v) is 4.61. The Morgan fingerprint density at radius 3 is 2.89 bits per heavy atom. The van der Waals surface area contributed by atoms with Gasteiger partial charge in [-0.3, -0.25) is 4.79 Å². The molecule has 104 valence electrons. The molecule has 3 rings (SSSR count). The summed E-state index contributed by atoms with van der Waals surface area (Å²) < 4.78 is 6.94. The van der Waals surface area contributed by atoms with Crippen molar-refractivity contribution in [2.75, 3.05) is 11.9 Å². The van der Waals surface area contributed by atoms with E-state index in [4.69, 9.17) is 10.5 Å². The molecule has 1 aromatic rings. The Morgan fingerprint density at radius 1 is 1.53 bits per heavy atom. The van der Waals surface area contributed by atoms with Crippen LogP contribution in [-0.2, 0) is 4.74 Å². The minimum Gasteiger partial charge on any atom is -0.394 e. The fourth-order valence-electron chi connectivity index (χ4n) is 2.56. The normalized spacial score (nSPS) is 36.5. The van der Waals surface area contributed by atoms with Gasteiger partial charge in [-0.1, -0.05) is 0 Å². The van der Waals surface area contributed by atoms with Gasteiger partial charge in [-0.15, -0.1) is 0 Å².